The third kappa shape index (κ3) is 8.23. The van der Waals surface area contributed by atoms with Crippen molar-refractivity contribution in [2.24, 2.45) is 4.99 Å². The summed E-state index contributed by atoms with van der Waals surface area (Å²) in [4.78, 5) is 7.33. The van der Waals surface area contributed by atoms with Crippen LogP contribution < -0.4 is 10.6 Å². The highest BCUT2D eigenvalue weighted by atomic mass is 127. The number of benzene rings is 1. The van der Waals surface area contributed by atoms with Crippen LogP contribution in [0.4, 0.5) is 0 Å². The number of rotatable bonds is 12. The quantitative estimate of drug-likeness (QED) is 0.253. The minimum atomic E-state index is 0. The normalized spacial score (nSPS) is 13.9. The van der Waals surface area contributed by atoms with Crippen molar-refractivity contribution in [3.63, 3.8) is 0 Å². The van der Waals surface area contributed by atoms with E-state index in [-0.39, 0.29) is 24.0 Å². The van der Waals surface area contributed by atoms with Gasteiger partial charge in [-0.1, -0.05) is 24.3 Å². The molecule has 2 N–H and O–H groups in total. The number of aromatic nitrogens is 2. The maximum absolute atomic E-state index is 5.25. The summed E-state index contributed by atoms with van der Waals surface area (Å²) in [6, 6.07) is 11.1. The zero-order chi connectivity index (χ0) is 20.3. The molecule has 0 unspecified atom stereocenters. The van der Waals surface area contributed by atoms with E-state index < -0.39 is 0 Å². The molecule has 1 aromatic carbocycles. The molecule has 0 atom stereocenters. The summed E-state index contributed by atoms with van der Waals surface area (Å²) < 4.78 is 7.19. The summed E-state index contributed by atoms with van der Waals surface area (Å²) >= 11 is 0. The van der Waals surface area contributed by atoms with Crippen molar-refractivity contribution >= 4 is 29.9 Å². The SMILES string of the molecule is CCNC(=NCc1ccccc1Cn1cccn1)NCCN(CCOC)C1CC1.I. The fraction of sp³-hybridized carbons (Fsp3) is 0.545. The zero-order valence-corrected chi connectivity index (χ0v) is 20.4. The summed E-state index contributed by atoms with van der Waals surface area (Å²) in [6.45, 7) is 8.01. The van der Waals surface area contributed by atoms with Gasteiger partial charge < -0.3 is 15.4 Å². The van der Waals surface area contributed by atoms with Gasteiger partial charge in [-0.3, -0.25) is 9.58 Å². The molecule has 0 amide bonds. The molecule has 1 saturated carbocycles. The Kier molecular flexibility index (Phi) is 11.2. The van der Waals surface area contributed by atoms with Crippen molar-refractivity contribution in [2.45, 2.75) is 38.9 Å². The Morgan fingerprint density at radius 2 is 2.00 bits per heavy atom. The van der Waals surface area contributed by atoms with Crippen LogP contribution >= 0.6 is 24.0 Å². The van der Waals surface area contributed by atoms with Crippen LogP contribution in [0.2, 0.25) is 0 Å². The molecule has 2 aromatic rings. The van der Waals surface area contributed by atoms with E-state index >= 15 is 0 Å². The molecule has 166 valence electrons. The molecule has 1 aromatic heterocycles. The molecule has 1 aliphatic carbocycles. The van der Waals surface area contributed by atoms with Gasteiger partial charge in [-0.05, 0) is 37.0 Å². The smallest absolute Gasteiger partial charge is 0.191 e. The number of hydrogen-bond donors (Lipinski definition) is 2. The number of nitrogens with one attached hydrogen (secondary N) is 2. The fourth-order valence-corrected chi connectivity index (χ4v) is 3.38. The molecule has 8 heteroatoms. The van der Waals surface area contributed by atoms with Crippen LogP contribution in [0.3, 0.4) is 0 Å². The number of methoxy groups -OCH3 is 1. The van der Waals surface area contributed by atoms with Crippen LogP contribution in [0.15, 0.2) is 47.7 Å². The molecule has 1 heterocycles. The summed E-state index contributed by atoms with van der Waals surface area (Å²) in [5.41, 5.74) is 2.47. The van der Waals surface area contributed by atoms with E-state index in [9.17, 15) is 0 Å². The number of ether oxygens (including phenoxy) is 1. The number of halogens is 1. The third-order valence-corrected chi connectivity index (χ3v) is 5.10. The largest absolute Gasteiger partial charge is 0.383 e. The minimum absolute atomic E-state index is 0. The van der Waals surface area contributed by atoms with Gasteiger partial charge in [-0.15, -0.1) is 24.0 Å². The molecule has 3 rings (SSSR count). The lowest BCUT2D eigenvalue weighted by Crippen LogP contribution is -2.42. The average Bonchev–Trinajstić information content (AvgIpc) is 3.46. The van der Waals surface area contributed by atoms with Gasteiger partial charge in [0.1, 0.15) is 0 Å². The highest BCUT2D eigenvalue weighted by Gasteiger charge is 2.28. The molecule has 7 nitrogen and oxygen atoms in total. The van der Waals surface area contributed by atoms with Gasteiger partial charge >= 0.3 is 0 Å². The Balaban J connectivity index is 0.00000320. The van der Waals surface area contributed by atoms with Crippen LogP contribution in [0.1, 0.15) is 30.9 Å². The summed E-state index contributed by atoms with van der Waals surface area (Å²) in [7, 11) is 1.77. The van der Waals surface area contributed by atoms with Gasteiger partial charge in [0.25, 0.3) is 0 Å². The first-order valence-corrected chi connectivity index (χ1v) is 10.6. The fourth-order valence-electron chi connectivity index (χ4n) is 3.38. The number of guanidine groups is 1. The van der Waals surface area contributed by atoms with Gasteiger partial charge in [0.2, 0.25) is 0 Å². The Morgan fingerprint density at radius 3 is 2.67 bits per heavy atom. The predicted octanol–water partition coefficient (Wildman–Crippen LogP) is 2.72. The van der Waals surface area contributed by atoms with Crippen LogP contribution in [-0.4, -0.2) is 66.6 Å². The molecule has 0 spiro atoms. The Labute approximate surface area is 197 Å². The minimum Gasteiger partial charge on any atom is -0.383 e. The highest BCUT2D eigenvalue weighted by molar-refractivity contribution is 14.0. The molecule has 1 aliphatic rings. The van der Waals surface area contributed by atoms with E-state index in [1.54, 1.807) is 7.11 Å². The van der Waals surface area contributed by atoms with Gasteiger partial charge in [0, 0.05) is 51.7 Å². The molecule has 0 aliphatic heterocycles. The summed E-state index contributed by atoms with van der Waals surface area (Å²) in [5, 5.41) is 11.2. The standard InChI is InChI=1S/C22H34N6O.HI/c1-3-23-22(24-12-14-27(15-16-29-2)21-9-10-21)25-17-19-7-4-5-8-20(19)18-28-13-6-11-26-28;/h4-8,11,13,21H,3,9-10,12,14-18H2,1-2H3,(H2,23,24,25);1H. The van der Waals surface area contributed by atoms with Crippen LogP contribution in [0.5, 0.6) is 0 Å². The van der Waals surface area contributed by atoms with E-state index in [4.69, 9.17) is 9.73 Å². The Hall–Kier alpha value is -1.65. The first kappa shape index (κ1) is 24.6. The molecule has 1 fully saturated rings. The number of hydrogen-bond acceptors (Lipinski definition) is 4. The van der Waals surface area contributed by atoms with E-state index in [1.165, 1.54) is 24.0 Å². The van der Waals surface area contributed by atoms with E-state index in [1.807, 2.05) is 23.1 Å². The maximum Gasteiger partial charge on any atom is 0.191 e. The first-order valence-electron chi connectivity index (χ1n) is 10.6. The molecule has 0 saturated heterocycles. The lowest BCUT2D eigenvalue weighted by atomic mass is 10.1. The Bertz CT molecular complexity index is 748. The summed E-state index contributed by atoms with van der Waals surface area (Å²) in [5.74, 6) is 0.865. The van der Waals surface area contributed by atoms with E-state index in [0.29, 0.717) is 6.54 Å². The van der Waals surface area contributed by atoms with Crippen LogP contribution in [-0.2, 0) is 17.8 Å². The lowest BCUT2D eigenvalue weighted by molar-refractivity contribution is 0.144. The van der Waals surface area contributed by atoms with Gasteiger partial charge in [-0.2, -0.15) is 5.10 Å². The van der Waals surface area contributed by atoms with E-state index in [0.717, 1.165) is 51.3 Å². The second-order valence-corrected chi connectivity index (χ2v) is 7.35. The third-order valence-electron chi connectivity index (χ3n) is 5.10. The highest BCUT2D eigenvalue weighted by Crippen LogP contribution is 2.25. The molecule has 0 bridgehead atoms. The molecule has 30 heavy (non-hydrogen) atoms. The topological polar surface area (TPSA) is 66.7 Å². The van der Waals surface area contributed by atoms with Crippen molar-refractivity contribution in [3.8, 4) is 0 Å². The van der Waals surface area contributed by atoms with Gasteiger partial charge in [0.05, 0.1) is 19.7 Å². The monoisotopic (exact) mass is 526 g/mol. The van der Waals surface area contributed by atoms with E-state index in [2.05, 4.69) is 51.8 Å². The summed E-state index contributed by atoms with van der Waals surface area (Å²) in [6.07, 6.45) is 6.42. The number of nitrogens with zero attached hydrogens (tertiary/aromatic N) is 4. The van der Waals surface area contributed by atoms with Crippen molar-refractivity contribution in [1.82, 2.24) is 25.3 Å². The van der Waals surface area contributed by atoms with Crippen LogP contribution in [0.25, 0.3) is 0 Å². The second kappa shape index (κ2) is 13.6. The lowest BCUT2D eigenvalue weighted by Gasteiger charge is -2.22. The Morgan fingerprint density at radius 1 is 1.20 bits per heavy atom. The number of aliphatic imine (C=N–C) groups is 1. The van der Waals surface area contributed by atoms with Crippen LogP contribution in [0, 0.1) is 0 Å². The second-order valence-electron chi connectivity index (χ2n) is 7.35. The average molecular weight is 526 g/mol. The van der Waals surface area contributed by atoms with Gasteiger partial charge in [0.15, 0.2) is 5.96 Å². The molecular formula is C22H35IN6O. The van der Waals surface area contributed by atoms with Crippen molar-refractivity contribution in [2.75, 3.05) is 39.9 Å². The molecule has 0 radical (unpaired) electrons. The first-order chi connectivity index (χ1) is 14.3. The van der Waals surface area contributed by atoms with Crippen molar-refractivity contribution < 1.29 is 4.74 Å². The maximum atomic E-state index is 5.25. The van der Waals surface area contributed by atoms with Crippen molar-refractivity contribution in [3.05, 3.63) is 53.9 Å². The molecular weight excluding hydrogens is 491 g/mol. The predicted molar refractivity (Wildman–Crippen MR) is 132 cm³/mol. The van der Waals surface area contributed by atoms with Crippen molar-refractivity contribution in [1.29, 1.82) is 0 Å². The zero-order valence-electron chi connectivity index (χ0n) is 18.1. The van der Waals surface area contributed by atoms with Gasteiger partial charge in [-0.25, -0.2) is 4.99 Å².